The Morgan fingerprint density at radius 3 is 2.84 bits per heavy atom. The molecule has 1 aromatic rings. The van der Waals surface area contributed by atoms with Gasteiger partial charge in [-0.25, -0.2) is 9.18 Å². The number of anilines is 1. The number of benzene rings is 1. The summed E-state index contributed by atoms with van der Waals surface area (Å²) < 4.78 is 12.8. The molecule has 2 rings (SSSR count). The van der Waals surface area contributed by atoms with Gasteiger partial charge in [-0.15, -0.1) is 0 Å². The summed E-state index contributed by atoms with van der Waals surface area (Å²) in [6, 6.07) is 5.63. The van der Waals surface area contributed by atoms with Crippen molar-refractivity contribution in [2.75, 3.05) is 32.0 Å². The Bertz CT molecular complexity index is 415. The quantitative estimate of drug-likeness (QED) is 0.880. The van der Waals surface area contributed by atoms with Crippen LogP contribution in [0.25, 0.3) is 0 Å². The zero-order valence-electron chi connectivity index (χ0n) is 11.2. The number of rotatable bonds is 3. The van der Waals surface area contributed by atoms with Gasteiger partial charge in [0, 0.05) is 19.3 Å². The van der Waals surface area contributed by atoms with E-state index in [1.54, 1.807) is 24.1 Å². The van der Waals surface area contributed by atoms with E-state index in [-0.39, 0.29) is 11.8 Å². The van der Waals surface area contributed by atoms with E-state index in [0.717, 1.165) is 32.5 Å². The van der Waals surface area contributed by atoms with E-state index >= 15 is 0 Å². The van der Waals surface area contributed by atoms with Crippen molar-refractivity contribution in [3.63, 3.8) is 0 Å². The average Bonchev–Trinajstić information content (AvgIpc) is 2.42. The molecule has 1 aliphatic rings. The van der Waals surface area contributed by atoms with Crippen molar-refractivity contribution in [3.05, 3.63) is 30.1 Å². The van der Waals surface area contributed by atoms with Crippen molar-refractivity contribution in [1.82, 2.24) is 10.2 Å². The van der Waals surface area contributed by atoms with Crippen LogP contribution in [0.15, 0.2) is 24.3 Å². The highest BCUT2D eigenvalue weighted by molar-refractivity contribution is 5.89. The maximum Gasteiger partial charge on any atom is 0.321 e. The summed E-state index contributed by atoms with van der Waals surface area (Å²) in [6.07, 6.45) is 2.32. The van der Waals surface area contributed by atoms with Crippen LogP contribution >= 0.6 is 0 Å². The topological polar surface area (TPSA) is 44.4 Å². The molecule has 19 heavy (non-hydrogen) atoms. The second kappa shape index (κ2) is 6.52. The molecule has 2 N–H and O–H groups in total. The van der Waals surface area contributed by atoms with Crippen LogP contribution < -0.4 is 10.6 Å². The molecule has 104 valence electrons. The van der Waals surface area contributed by atoms with Gasteiger partial charge < -0.3 is 15.5 Å². The zero-order chi connectivity index (χ0) is 13.7. The van der Waals surface area contributed by atoms with E-state index in [9.17, 15) is 9.18 Å². The molecule has 0 spiro atoms. The first-order valence-electron chi connectivity index (χ1n) is 6.63. The second-order valence-electron chi connectivity index (χ2n) is 5.03. The first kappa shape index (κ1) is 13.8. The van der Waals surface area contributed by atoms with E-state index in [1.807, 2.05) is 0 Å². The second-order valence-corrected chi connectivity index (χ2v) is 5.03. The van der Waals surface area contributed by atoms with Crippen LogP contribution in [0.1, 0.15) is 12.8 Å². The van der Waals surface area contributed by atoms with E-state index in [1.165, 1.54) is 12.1 Å². The van der Waals surface area contributed by atoms with Crippen LogP contribution in [-0.2, 0) is 0 Å². The standard InChI is InChI=1S/C14H20FN3O/c1-18(10-11-3-2-8-16-9-11)14(19)17-13-6-4-12(15)5-7-13/h4-7,11,16H,2-3,8-10H2,1H3,(H,17,19). The Labute approximate surface area is 113 Å². The van der Waals surface area contributed by atoms with Gasteiger partial charge in [0.1, 0.15) is 5.82 Å². The molecule has 4 nitrogen and oxygen atoms in total. The number of hydrogen-bond acceptors (Lipinski definition) is 2. The first-order valence-corrected chi connectivity index (χ1v) is 6.63. The SMILES string of the molecule is CN(CC1CCCNC1)C(=O)Nc1ccc(F)cc1. The largest absolute Gasteiger partial charge is 0.327 e. The molecule has 0 radical (unpaired) electrons. The molecule has 1 aromatic carbocycles. The van der Waals surface area contributed by atoms with E-state index in [0.29, 0.717) is 11.6 Å². The average molecular weight is 265 g/mol. The monoisotopic (exact) mass is 265 g/mol. The van der Waals surface area contributed by atoms with Gasteiger partial charge in [0.15, 0.2) is 0 Å². The molecule has 1 unspecified atom stereocenters. The van der Waals surface area contributed by atoms with Crippen LogP contribution in [0, 0.1) is 11.7 Å². The molecule has 1 heterocycles. The third kappa shape index (κ3) is 4.21. The lowest BCUT2D eigenvalue weighted by molar-refractivity contribution is 0.207. The molecule has 1 saturated heterocycles. The molecule has 1 atom stereocenters. The summed E-state index contributed by atoms with van der Waals surface area (Å²) in [7, 11) is 1.79. The fraction of sp³-hybridized carbons (Fsp3) is 0.500. The summed E-state index contributed by atoms with van der Waals surface area (Å²) in [6.45, 7) is 2.77. The lowest BCUT2D eigenvalue weighted by Gasteiger charge is -2.27. The fourth-order valence-corrected chi connectivity index (χ4v) is 2.30. The lowest BCUT2D eigenvalue weighted by atomic mass is 9.99. The fourth-order valence-electron chi connectivity index (χ4n) is 2.30. The minimum atomic E-state index is -0.306. The molecular formula is C14H20FN3O. The smallest absolute Gasteiger partial charge is 0.321 e. The number of hydrogen-bond donors (Lipinski definition) is 2. The van der Waals surface area contributed by atoms with Gasteiger partial charge in [-0.1, -0.05) is 0 Å². The minimum absolute atomic E-state index is 0.155. The Morgan fingerprint density at radius 1 is 1.47 bits per heavy atom. The van der Waals surface area contributed by atoms with Crippen molar-refractivity contribution in [3.8, 4) is 0 Å². The summed E-state index contributed by atoms with van der Waals surface area (Å²) in [5.41, 5.74) is 0.611. The van der Waals surface area contributed by atoms with Gasteiger partial charge in [-0.05, 0) is 56.1 Å². The third-order valence-electron chi connectivity index (χ3n) is 3.37. The van der Waals surface area contributed by atoms with Gasteiger partial charge in [0.05, 0.1) is 0 Å². The molecule has 1 aliphatic heterocycles. The number of urea groups is 1. The molecular weight excluding hydrogens is 245 g/mol. The highest BCUT2D eigenvalue weighted by Crippen LogP contribution is 2.13. The van der Waals surface area contributed by atoms with Gasteiger partial charge >= 0.3 is 6.03 Å². The Balaban J connectivity index is 1.83. The molecule has 0 saturated carbocycles. The number of halogens is 1. The Kier molecular flexibility index (Phi) is 4.74. The molecule has 0 aromatic heterocycles. The van der Waals surface area contributed by atoms with Crippen LogP contribution in [0.2, 0.25) is 0 Å². The Morgan fingerprint density at radius 2 is 2.21 bits per heavy atom. The highest BCUT2D eigenvalue weighted by Gasteiger charge is 2.17. The number of carbonyl (C=O) groups is 1. The summed E-state index contributed by atoms with van der Waals surface area (Å²) in [4.78, 5) is 13.7. The van der Waals surface area contributed by atoms with Gasteiger partial charge in [-0.2, -0.15) is 0 Å². The first-order chi connectivity index (χ1) is 9.15. The summed E-state index contributed by atoms with van der Waals surface area (Å²) in [5, 5.41) is 6.09. The molecule has 5 heteroatoms. The van der Waals surface area contributed by atoms with Crippen LogP contribution in [0.4, 0.5) is 14.9 Å². The van der Waals surface area contributed by atoms with Gasteiger partial charge in [0.2, 0.25) is 0 Å². The van der Waals surface area contributed by atoms with E-state index in [4.69, 9.17) is 0 Å². The third-order valence-corrected chi connectivity index (χ3v) is 3.37. The number of amides is 2. The van der Waals surface area contributed by atoms with Crippen molar-refractivity contribution in [2.24, 2.45) is 5.92 Å². The normalized spacial score (nSPS) is 18.9. The van der Waals surface area contributed by atoms with Crippen molar-refractivity contribution in [2.45, 2.75) is 12.8 Å². The number of nitrogens with one attached hydrogen (secondary N) is 2. The highest BCUT2D eigenvalue weighted by atomic mass is 19.1. The Hall–Kier alpha value is -1.62. The molecule has 2 amide bonds. The predicted octanol–water partition coefficient (Wildman–Crippen LogP) is 2.29. The van der Waals surface area contributed by atoms with Crippen molar-refractivity contribution in [1.29, 1.82) is 0 Å². The summed E-state index contributed by atoms with van der Waals surface area (Å²) >= 11 is 0. The predicted molar refractivity (Wildman–Crippen MR) is 73.6 cm³/mol. The van der Waals surface area contributed by atoms with Gasteiger partial charge in [0.25, 0.3) is 0 Å². The molecule has 0 aliphatic carbocycles. The lowest BCUT2D eigenvalue weighted by Crippen LogP contribution is -2.40. The van der Waals surface area contributed by atoms with E-state index < -0.39 is 0 Å². The molecule has 1 fully saturated rings. The number of nitrogens with zero attached hydrogens (tertiary/aromatic N) is 1. The number of piperidine rings is 1. The van der Waals surface area contributed by atoms with Crippen molar-refractivity contribution < 1.29 is 9.18 Å². The zero-order valence-corrected chi connectivity index (χ0v) is 11.2. The van der Waals surface area contributed by atoms with Crippen LogP contribution in [0.3, 0.4) is 0 Å². The molecule has 0 bridgehead atoms. The maximum atomic E-state index is 12.8. The van der Waals surface area contributed by atoms with Crippen LogP contribution in [-0.4, -0.2) is 37.6 Å². The maximum absolute atomic E-state index is 12.8. The van der Waals surface area contributed by atoms with Crippen molar-refractivity contribution >= 4 is 11.7 Å². The van der Waals surface area contributed by atoms with Gasteiger partial charge in [-0.3, -0.25) is 0 Å². The van der Waals surface area contributed by atoms with Crippen LogP contribution in [0.5, 0.6) is 0 Å². The number of carbonyl (C=O) groups excluding carboxylic acids is 1. The summed E-state index contributed by atoms with van der Waals surface area (Å²) in [5.74, 6) is 0.206. The van der Waals surface area contributed by atoms with E-state index in [2.05, 4.69) is 10.6 Å². The minimum Gasteiger partial charge on any atom is -0.327 e.